The molecule has 0 bridgehead atoms. The summed E-state index contributed by atoms with van der Waals surface area (Å²) in [5, 5.41) is 27.3. The number of likely N-dealkylation sites (tertiary alicyclic amines) is 1. The van der Waals surface area contributed by atoms with Crippen LogP contribution in [0.2, 0.25) is 0 Å². The van der Waals surface area contributed by atoms with Crippen molar-refractivity contribution in [3.05, 3.63) is 29.8 Å². The molecule has 228 valence electrons. The van der Waals surface area contributed by atoms with Crippen molar-refractivity contribution in [2.45, 2.75) is 96.9 Å². The largest absolute Gasteiger partial charge is 0.508 e. The van der Waals surface area contributed by atoms with Crippen LogP contribution in [0.5, 0.6) is 5.75 Å². The van der Waals surface area contributed by atoms with Crippen molar-refractivity contribution in [2.24, 2.45) is 17.6 Å². The summed E-state index contributed by atoms with van der Waals surface area (Å²) in [6.45, 7) is 9.24. The number of nitrogens with two attached hydrogens (primary N) is 1. The summed E-state index contributed by atoms with van der Waals surface area (Å²) in [5.41, 5.74) is 6.33. The summed E-state index contributed by atoms with van der Waals surface area (Å²) in [7, 11) is 0. The van der Waals surface area contributed by atoms with E-state index in [2.05, 4.69) is 16.0 Å². The van der Waals surface area contributed by atoms with Gasteiger partial charge in [-0.1, -0.05) is 46.2 Å². The molecule has 4 amide bonds. The molecule has 6 atom stereocenters. The van der Waals surface area contributed by atoms with E-state index in [-0.39, 0.29) is 30.4 Å². The molecule has 1 fully saturated rings. The first-order valence-electron chi connectivity index (χ1n) is 14.2. The van der Waals surface area contributed by atoms with Gasteiger partial charge in [0.25, 0.3) is 0 Å². The quantitative estimate of drug-likeness (QED) is 0.188. The van der Waals surface area contributed by atoms with Crippen LogP contribution in [0.15, 0.2) is 24.3 Å². The Hall–Kier alpha value is -3.67. The minimum absolute atomic E-state index is 0.000747. The normalized spacial score (nSPS) is 18.6. The summed E-state index contributed by atoms with van der Waals surface area (Å²) in [4.78, 5) is 66.0. The number of aliphatic carboxylic acids is 1. The second-order valence-corrected chi connectivity index (χ2v) is 11.3. The summed E-state index contributed by atoms with van der Waals surface area (Å²) in [6, 6.07) is 1.29. The zero-order valence-electron chi connectivity index (χ0n) is 24.6. The highest BCUT2D eigenvalue weighted by Gasteiger charge is 2.40. The second kappa shape index (κ2) is 15.4. The van der Waals surface area contributed by atoms with Crippen LogP contribution < -0.4 is 21.7 Å². The van der Waals surface area contributed by atoms with E-state index in [1.807, 2.05) is 27.7 Å². The average Bonchev–Trinajstić information content (AvgIpc) is 3.41. The molecule has 7 N–H and O–H groups in total. The van der Waals surface area contributed by atoms with E-state index in [1.165, 1.54) is 24.0 Å². The fourth-order valence-corrected chi connectivity index (χ4v) is 4.76. The monoisotopic (exact) mass is 575 g/mol. The molecule has 12 heteroatoms. The third-order valence-electron chi connectivity index (χ3n) is 7.36. The van der Waals surface area contributed by atoms with E-state index >= 15 is 0 Å². The molecule has 0 unspecified atom stereocenters. The van der Waals surface area contributed by atoms with Gasteiger partial charge in [0, 0.05) is 13.0 Å². The number of phenols is 1. The molecule has 0 spiro atoms. The number of carboxylic acid groups (broad SMARTS) is 1. The van der Waals surface area contributed by atoms with Crippen LogP contribution in [0.25, 0.3) is 0 Å². The van der Waals surface area contributed by atoms with Crippen molar-refractivity contribution in [2.75, 3.05) is 6.54 Å². The number of nitrogens with zero attached hydrogens (tertiary/aromatic N) is 1. The molecule has 0 radical (unpaired) electrons. The summed E-state index contributed by atoms with van der Waals surface area (Å²) < 4.78 is 0. The van der Waals surface area contributed by atoms with Gasteiger partial charge in [0.1, 0.15) is 29.9 Å². The van der Waals surface area contributed by atoms with E-state index < -0.39 is 59.8 Å². The molecule has 0 aliphatic carbocycles. The number of phenolic OH excluding ortho intramolecular Hbond substituents is 1. The highest BCUT2D eigenvalue weighted by molar-refractivity contribution is 5.96. The summed E-state index contributed by atoms with van der Waals surface area (Å²) in [5.74, 6) is -3.44. The number of carbonyl (C=O) groups excluding carboxylic acids is 4. The maximum atomic E-state index is 13.6. The Labute approximate surface area is 241 Å². The van der Waals surface area contributed by atoms with Crippen molar-refractivity contribution in [1.29, 1.82) is 0 Å². The van der Waals surface area contributed by atoms with Gasteiger partial charge in [-0.05, 0) is 55.7 Å². The van der Waals surface area contributed by atoms with E-state index in [4.69, 9.17) is 5.73 Å². The number of hydrogen-bond donors (Lipinski definition) is 6. The molecule has 1 aromatic rings. The minimum atomic E-state index is -1.18. The van der Waals surface area contributed by atoms with Crippen molar-refractivity contribution in [3.8, 4) is 5.75 Å². The van der Waals surface area contributed by atoms with Gasteiger partial charge in [0.15, 0.2) is 0 Å². The number of carboxylic acids is 1. The molecule has 1 aliphatic rings. The van der Waals surface area contributed by atoms with Crippen molar-refractivity contribution >= 4 is 29.6 Å². The second-order valence-electron chi connectivity index (χ2n) is 11.3. The third kappa shape index (κ3) is 9.73. The number of rotatable bonds is 14. The highest BCUT2D eigenvalue weighted by atomic mass is 16.4. The van der Waals surface area contributed by atoms with E-state index in [0.29, 0.717) is 31.4 Å². The zero-order valence-corrected chi connectivity index (χ0v) is 24.6. The van der Waals surface area contributed by atoms with Crippen LogP contribution in [0.1, 0.15) is 65.9 Å². The predicted octanol–water partition coefficient (Wildman–Crippen LogP) is 0.904. The number of amides is 4. The van der Waals surface area contributed by atoms with Gasteiger partial charge < -0.3 is 36.8 Å². The minimum Gasteiger partial charge on any atom is -0.508 e. The molecular weight excluding hydrogens is 530 g/mol. The molecule has 0 saturated carbocycles. The Morgan fingerprint density at radius 2 is 1.61 bits per heavy atom. The Bertz CT molecular complexity index is 1080. The average molecular weight is 576 g/mol. The SMILES string of the molecule is CC[C@H](C)[C@H](NC(=O)[C@H](C)N)C(=O)N1CCC[C@H]1C(=O)N[C@@H](Cc1ccc(O)cc1)C(=O)N[C@@H](CC(C)C)C(=O)O. The topological polar surface area (TPSA) is 191 Å². The molecule has 1 aromatic carbocycles. The van der Waals surface area contributed by atoms with Gasteiger partial charge in [-0.15, -0.1) is 0 Å². The van der Waals surface area contributed by atoms with E-state index in [1.54, 1.807) is 12.1 Å². The van der Waals surface area contributed by atoms with Gasteiger partial charge in [-0.25, -0.2) is 4.79 Å². The van der Waals surface area contributed by atoms with Gasteiger partial charge in [0.05, 0.1) is 6.04 Å². The van der Waals surface area contributed by atoms with Crippen LogP contribution in [0.4, 0.5) is 0 Å². The van der Waals surface area contributed by atoms with Gasteiger partial charge in [-0.2, -0.15) is 0 Å². The molecular formula is C29H45N5O7. The fourth-order valence-electron chi connectivity index (χ4n) is 4.76. The van der Waals surface area contributed by atoms with Crippen LogP contribution in [-0.2, 0) is 30.4 Å². The lowest BCUT2D eigenvalue weighted by atomic mass is 9.97. The standard InChI is InChI=1S/C29H45N5O7/c1-6-17(4)24(33-25(36)18(5)30)28(39)34-13-7-8-23(34)27(38)31-21(15-19-9-11-20(35)12-10-19)26(37)32-22(29(40)41)14-16(2)3/h9-12,16-18,21-24,35H,6-8,13-15,30H2,1-5H3,(H,31,38)(H,32,37)(H,33,36)(H,40,41)/t17-,18-,21-,22-,23-,24-/m0/s1. The van der Waals surface area contributed by atoms with E-state index in [9.17, 15) is 34.2 Å². The van der Waals surface area contributed by atoms with Crippen LogP contribution in [0.3, 0.4) is 0 Å². The van der Waals surface area contributed by atoms with Crippen LogP contribution >= 0.6 is 0 Å². The first kappa shape index (κ1) is 33.5. The van der Waals surface area contributed by atoms with Crippen LogP contribution in [-0.4, -0.2) is 81.5 Å². The zero-order chi connectivity index (χ0) is 30.9. The van der Waals surface area contributed by atoms with Crippen LogP contribution in [0, 0.1) is 11.8 Å². The molecule has 12 nitrogen and oxygen atoms in total. The predicted molar refractivity (Wildman–Crippen MR) is 153 cm³/mol. The summed E-state index contributed by atoms with van der Waals surface area (Å²) in [6.07, 6.45) is 1.77. The Morgan fingerprint density at radius 1 is 0.976 bits per heavy atom. The fraction of sp³-hybridized carbons (Fsp3) is 0.621. The number of hydrogen-bond acceptors (Lipinski definition) is 7. The molecule has 0 aromatic heterocycles. The lowest BCUT2D eigenvalue weighted by Gasteiger charge is -2.32. The maximum Gasteiger partial charge on any atom is 0.326 e. The van der Waals surface area contributed by atoms with Gasteiger partial charge in [-0.3, -0.25) is 19.2 Å². The number of benzene rings is 1. The van der Waals surface area contributed by atoms with Crippen molar-refractivity contribution < 1.29 is 34.2 Å². The highest BCUT2D eigenvalue weighted by Crippen LogP contribution is 2.22. The van der Waals surface area contributed by atoms with Gasteiger partial charge in [0.2, 0.25) is 23.6 Å². The lowest BCUT2D eigenvalue weighted by Crippen LogP contribution is -2.59. The molecule has 2 rings (SSSR count). The number of carbonyl (C=O) groups is 5. The maximum absolute atomic E-state index is 13.6. The third-order valence-corrected chi connectivity index (χ3v) is 7.36. The lowest BCUT2D eigenvalue weighted by molar-refractivity contribution is -0.144. The Kier molecular flexibility index (Phi) is 12.6. The molecule has 1 heterocycles. The Balaban J connectivity index is 2.28. The van der Waals surface area contributed by atoms with Crippen molar-refractivity contribution in [1.82, 2.24) is 20.9 Å². The molecule has 1 aliphatic heterocycles. The van der Waals surface area contributed by atoms with Crippen molar-refractivity contribution in [3.63, 3.8) is 0 Å². The molecule has 41 heavy (non-hydrogen) atoms. The number of nitrogens with one attached hydrogen (secondary N) is 3. The first-order chi connectivity index (χ1) is 19.2. The number of aromatic hydroxyl groups is 1. The Morgan fingerprint density at radius 3 is 2.15 bits per heavy atom. The van der Waals surface area contributed by atoms with Gasteiger partial charge >= 0.3 is 5.97 Å². The smallest absolute Gasteiger partial charge is 0.326 e. The molecule has 1 saturated heterocycles. The van der Waals surface area contributed by atoms with E-state index in [0.717, 1.165) is 0 Å². The first-order valence-corrected chi connectivity index (χ1v) is 14.2. The summed E-state index contributed by atoms with van der Waals surface area (Å²) >= 11 is 0.